The summed E-state index contributed by atoms with van der Waals surface area (Å²) in [4.78, 5) is 30.1. The van der Waals surface area contributed by atoms with E-state index in [4.69, 9.17) is 5.11 Å². The second kappa shape index (κ2) is 6.51. The van der Waals surface area contributed by atoms with Gasteiger partial charge in [-0.05, 0) is 6.92 Å². The monoisotopic (exact) mass is 240 g/mol. The van der Waals surface area contributed by atoms with Gasteiger partial charge in [-0.25, -0.2) is 9.78 Å². The molecule has 7 heteroatoms. The Morgan fingerprint density at radius 1 is 1.59 bits per heavy atom. The number of carbonyl (C=O) groups excluding carboxylic acids is 1. The van der Waals surface area contributed by atoms with Crippen molar-refractivity contribution in [2.75, 3.05) is 19.6 Å². The number of H-pyrrole nitrogens is 1. The van der Waals surface area contributed by atoms with Crippen molar-refractivity contribution in [1.29, 1.82) is 0 Å². The Balaban J connectivity index is 2.29. The number of nitrogens with zero attached hydrogens (tertiary/aromatic N) is 2. The van der Waals surface area contributed by atoms with E-state index < -0.39 is 5.97 Å². The van der Waals surface area contributed by atoms with Gasteiger partial charge in [0.1, 0.15) is 6.54 Å². The fourth-order valence-corrected chi connectivity index (χ4v) is 1.33. The lowest BCUT2D eigenvalue weighted by Crippen LogP contribution is -2.43. The van der Waals surface area contributed by atoms with Gasteiger partial charge in [0.2, 0.25) is 0 Å². The first-order chi connectivity index (χ1) is 8.13. The number of carboxylic acids is 1. The normalized spacial score (nSPS) is 9.94. The Labute approximate surface area is 98.8 Å². The molecule has 1 aromatic rings. The molecule has 0 saturated carbocycles. The van der Waals surface area contributed by atoms with Crippen LogP contribution < -0.4 is 5.32 Å². The van der Waals surface area contributed by atoms with Gasteiger partial charge in [-0.1, -0.05) is 0 Å². The molecule has 0 aromatic carbocycles. The maximum atomic E-state index is 11.6. The summed E-state index contributed by atoms with van der Waals surface area (Å²) < 4.78 is 0. The maximum Gasteiger partial charge on any atom is 0.323 e. The van der Waals surface area contributed by atoms with Crippen LogP contribution in [0.1, 0.15) is 12.6 Å². The highest BCUT2D eigenvalue weighted by Gasteiger charge is 2.13. The van der Waals surface area contributed by atoms with Crippen LogP contribution in [0, 0.1) is 0 Å². The third-order valence-corrected chi connectivity index (χ3v) is 2.22. The molecule has 0 aliphatic carbocycles. The van der Waals surface area contributed by atoms with Crippen LogP contribution in [0.25, 0.3) is 0 Å². The molecular formula is C10H16N4O3. The topological polar surface area (TPSA) is 98.3 Å². The van der Waals surface area contributed by atoms with E-state index in [1.54, 1.807) is 19.4 Å². The number of hydrogen-bond acceptors (Lipinski definition) is 3. The van der Waals surface area contributed by atoms with E-state index >= 15 is 0 Å². The summed E-state index contributed by atoms with van der Waals surface area (Å²) in [5, 5.41) is 11.3. The van der Waals surface area contributed by atoms with Gasteiger partial charge < -0.3 is 20.3 Å². The van der Waals surface area contributed by atoms with E-state index in [1.807, 2.05) is 0 Å². The lowest BCUT2D eigenvalue weighted by atomic mass is 10.3. The van der Waals surface area contributed by atoms with Gasteiger partial charge in [-0.15, -0.1) is 0 Å². The van der Waals surface area contributed by atoms with Crippen LogP contribution in [0.4, 0.5) is 4.79 Å². The number of likely N-dealkylation sites (N-methyl/N-ethyl adjacent to an activating group) is 1. The standard InChI is InChI=1S/C10H16N4O3/c1-2-14(6-9(15)16)10(17)12-4-3-8-5-11-7-13-8/h5,7H,2-4,6H2,1H3,(H,11,13)(H,12,17)(H,15,16). The van der Waals surface area contributed by atoms with Crippen LogP contribution in [0.3, 0.4) is 0 Å². The molecule has 0 spiro atoms. The van der Waals surface area contributed by atoms with Gasteiger partial charge in [-0.2, -0.15) is 0 Å². The molecule has 0 bridgehead atoms. The zero-order valence-corrected chi connectivity index (χ0v) is 9.64. The molecule has 0 radical (unpaired) electrons. The van der Waals surface area contributed by atoms with Crippen molar-refractivity contribution in [3.63, 3.8) is 0 Å². The lowest BCUT2D eigenvalue weighted by Gasteiger charge is -2.18. The quantitative estimate of drug-likeness (QED) is 0.655. The molecule has 3 N–H and O–H groups in total. The summed E-state index contributed by atoms with van der Waals surface area (Å²) >= 11 is 0. The second-order valence-electron chi connectivity index (χ2n) is 3.47. The molecule has 7 nitrogen and oxygen atoms in total. The molecule has 94 valence electrons. The SMILES string of the molecule is CCN(CC(=O)O)C(=O)NCCc1cnc[nH]1. The van der Waals surface area contributed by atoms with Crippen LogP contribution in [-0.2, 0) is 11.2 Å². The number of carbonyl (C=O) groups is 2. The number of aliphatic carboxylic acids is 1. The lowest BCUT2D eigenvalue weighted by molar-refractivity contribution is -0.137. The van der Waals surface area contributed by atoms with Gasteiger partial charge in [0, 0.05) is 31.4 Å². The van der Waals surface area contributed by atoms with E-state index in [2.05, 4.69) is 15.3 Å². The minimum atomic E-state index is -1.02. The number of nitrogens with one attached hydrogen (secondary N) is 2. The zero-order valence-electron chi connectivity index (χ0n) is 9.64. The number of imidazole rings is 1. The molecule has 1 aromatic heterocycles. The van der Waals surface area contributed by atoms with Crippen molar-refractivity contribution in [1.82, 2.24) is 20.2 Å². The minimum Gasteiger partial charge on any atom is -0.480 e. The predicted octanol–water partition coefficient (Wildman–Crippen LogP) is 0.0683. The molecular weight excluding hydrogens is 224 g/mol. The van der Waals surface area contributed by atoms with Gasteiger partial charge in [0.25, 0.3) is 0 Å². The van der Waals surface area contributed by atoms with Crippen LogP contribution in [0.5, 0.6) is 0 Å². The highest BCUT2D eigenvalue weighted by atomic mass is 16.4. The van der Waals surface area contributed by atoms with Crippen molar-refractivity contribution >= 4 is 12.0 Å². The summed E-state index contributed by atoms with van der Waals surface area (Å²) in [7, 11) is 0. The largest absolute Gasteiger partial charge is 0.480 e. The fourth-order valence-electron chi connectivity index (χ4n) is 1.33. The summed E-state index contributed by atoms with van der Waals surface area (Å²) in [6.07, 6.45) is 3.89. The first kappa shape index (κ1) is 13.0. The van der Waals surface area contributed by atoms with E-state index in [-0.39, 0.29) is 12.6 Å². The number of aromatic amines is 1. The van der Waals surface area contributed by atoms with Crippen molar-refractivity contribution < 1.29 is 14.7 Å². The number of urea groups is 1. The summed E-state index contributed by atoms with van der Waals surface area (Å²) in [6, 6.07) is -0.366. The van der Waals surface area contributed by atoms with Crippen molar-refractivity contribution in [2.45, 2.75) is 13.3 Å². The Morgan fingerprint density at radius 2 is 2.35 bits per heavy atom. The predicted molar refractivity (Wildman–Crippen MR) is 60.6 cm³/mol. The smallest absolute Gasteiger partial charge is 0.323 e. The van der Waals surface area contributed by atoms with Crippen LogP contribution in [0.15, 0.2) is 12.5 Å². The van der Waals surface area contributed by atoms with E-state index in [1.165, 1.54) is 4.90 Å². The Morgan fingerprint density at radius 3 is 2.88 bits per heavy atom. The van der Waals surface area contributed by atoms with Gasteiger partial charge >= 0.3 is 12.0 Å². The van der Waals surface area contributed by atoms with E-state index in [9.17, 15) is 9.59 Å². The van der Waals surface area contributed by atoms with Crippen molar-refractivity contribution in [3.05, 3.63) is 18.2 Å². The highest BCUT2D eigenvalue weighted by molar-refractivity contribution is 5.79. The first-order valence-corrected chi connectivity index (χ1v) is 5.35. The molecule has 0 aliphatic rings. The Hall–Kier alpha value is -2.05. The molecule has 0 saturated heterocycles. The summed E-state index contributed by atoms with van der Waals surface area (Å²) in [6.45, 7) is 2.25. The third-order valence-electron chi connectivity index (χ3n) is 2.22. The number of aromatic nitrogens is 2. The molecule has 2 amide bonds. The Kier molecular flexibility index (Phi) is 4.99. The third kappa shape index (κ3) is 4.54. The molecule has 1 rings (SSSR count). The van der Waals surface area contributed by atoms with Crippen molar-refractivity contribution in [3.8, 4) is 0 Å². The van der Waals surface area contributed by atoms with E-state index in [0.717, 1.165) is 5.69 Å². The zero-order chi connectivity index (χ0) is 12.7. The molecule has 1 heterocycles. The molecule has 0 unspecified atom stereocenters. The molecule has 0 aliphatic heterocycles. The Bertz CT molecular complexity index is 364. The van der Waals surface area contributed by atoms with E-state index in [0.29, 0.717) is 19.5 Å². The number of rotatable bonds is 6. The molecule has 17 heavy (non-hydrogen) atoms. The average Bonchev–Trinajstić information content (AvgIpc) is 2.78. The minimum absolute atomic E-state index is 0.285. The second-order valence-corrected chi connectivity index (χ2v) is 3.47. The highest BCUT2D eigenvalue weighted by Crippen LogP contribution is 1.93. The number of amides is 2. The van der Waals surface area contributed by atoms with Crippen molar-refractivity contribution in [2.24, 2.45) is 0 Å². The van der Waals surface area contributed by atoms with Crippen LogP contribution in [0.2, 0.25) is 0 Å². The summed E-state index contributed by atoms with van der Waals surface area (Å²) in [5.41, 5.74) is 0.923. The van der Waals surface area contributed by atoms with Gasteiger partial charge in [-0.3, -0.25) is 4.79 Å². The maximum absolute atomic E-state index is 11.6. The van der Waals surface area contributed by atoms with Crippen LogP contribution in [-0.4, -0.2) is 51.6 Å². The van der Waals surface area contributed by atoms with Gasteiger partial charge in [0.15, 0.2) is 0 Å². The van der Waals surface area contributed by atoms with Gasteiger partial charge in [0.05, 0.1) is 6.33 Å². The first-order valence-electron chi connectivity index (χ1n) is 5.35. The summed E-state index contributed by atoms with van der Waals surface area (Å²) in [5.74, 6) is -1.02. The number of hydrogen-bond donors (Lipinski definition) is 3. The fraction of sp³-hybridized carbons (Fsp3) is 0.500. The number of carboxylic acid groups (broad SMARTS) is 1. The molecule has 0 atom stereocenters. The molecule has 0 fully saturated rings. The average molecular weight is 240 g/mol. The van der Waals surface area contributed by atoms with Crippen LogP contribution >= 0.6 is 0 Å².